The summed E-state index contributed by atoms with van der Waals surface area (Å²) in [5, 5.41) is 8.01. The molecule has 4 rings (SSSR count). The molecule has 10 nitrogen and oxygen atoms in total. The second kappa shape index (κ2) is 8.85. The molecule has 3 atom stereocenters. The molecule has 0 unspecified atom stereocenters. The summed E-state index contributed by atoms with van der Waals surface area (Å²) in [7, 11) is -2.48. The maximum Gasteiger partial charge on any atom is 0.240 e. The maximum atomic E-state index is 13.3. The third kappa shape index (κ3) is 4.61. The zero-order valence-corrected chi connectivity index (χ0v) is 20.2. The molecular formula is C20H29ClN6O4S. The van der Waals surface area contributed by atoms with Crippen molar-refractivity contribution in [2.24, 2.45) is 5.41 Å². The Hall–Kier alpha value is -1.82. The lowest BCUT2D eigenvalue weighted by Gasteiger charge is -2.27. The van der Waals surface area contributed by atoms with E-state index in [4.69, 9.17) is 21.1 Å². The van der Waals surface area contributed by atoms with Crippen molar-refractivity contribution in [3.8, 4) is 0 Å². The minimum Gasteiger partial charge on any atom is -0.381 e. The first-order chi connectivity index (χ1) is 15.1. The van der Waals surface area contributed by atoms with Gasteiger partial charge in [0.2, 0.25) is 16.0 Å². The highest BCUT2D eigenvalue weighted by Gasteiger charge is 2.50. The van der Waals surface area contributed by atoms with Gasteiger partial charge >= 0.3 is 0 Å². The summed E-state index contributed by atoms with van der Waals surface area (Å²) >= 11 is 5.86. The van der Waals surface area contributed by atoms with E-state index in [0.29, 0.717) is 18.2 Å². The van der Waals surface area contributed by atoms with Crippen molar-refractivity contribution >= 4 is 27.6 Å². The number of halogens is 1. The Morgan fingerprint density at radius 2 is 1.88 bits per heavy atom. The Balaban J connectivity index is 1.62. The van der Waals surface area contributed by atoms with E-state index in [2.05, 4.69) is 38.7 Å². The Bertz CT molecular complexity index is 1050. The average molecular weight is 485 g/mol. The van der Waals surface area contributed by atoms with Gasteiger partial charge < -0.3 is 9.47 Å². The predicted octanol–water partition coefficient (Wildman–Crippen LogP) is 3.10. The third-order valence-electron chi connectivity index (χ3n) is 6.40. The number of nitrogens with zero attached hydrogens (tertiary/aromatic N) is 5. The van der Waals surface area contributed by atoms with Crippen molar-refractivity contribution in [2.75, 3.05) is 25.0 Å². The van der Waals surface area contributed by atoms with Crippen LogP contribution in [0, 0.1) is 5.41 Å². The van der Waals surface area contributed by atoms with E-state index in [1.54, 1.807) is 6.92 Å². The van der Waals surface area contributed by atoms with Crippen LogP contribution < -0.4 is 4.72 Å². The highest BCUT2D eigenvalue weighted by Crippen LogP contribution is 2.58. The number of sulfonamides is 1. The van der Waals surface area contributed by atoms with Gasteiger partial charge in [0.25, 0.3) is 0 Å². The molecule has 1 aliphatic carbocycles. The minimum absolute atomic E-state index is 0.0796. The summed E-state index contributed by atoms with van der Waals surface area (Å²) in [6.07, 6.45) is 4.49. The summed E-state index contributed by atoms with van der Waals surface area (Å²) < 4.78 is 42.2. The molecule has 1 aliphatic heterocycles. The van der Waals surface area contributed by atoms with Gasteiger partial charge in [-0.05, 0) is 31.6 Å². The minimum atomic E-state index is -3.91. The van der Waals surface area contributed by atoms with E-state index in [9.17, 15) is 8.42 Å². The molecule has 32 heavy (non-hydrogen) atoms. The van der Waals surface area contributed by atoms with Crippen LogP contribution in [-0.4, -0.2) is 58.7 Å². The van der Waals surface area contributed by atoms with Crippen LogP contribution in [0.2, 0.25) is 5.02 Å². The van der Waals surface area contributed by atoms with E-state index >= 15 is 0 Å². The number of ether oxygens (including phenoxy) is 2. The van der Waals surface area contributed by atoms with Crippen LogP contribution >= 0.6 is 11.6 Å². The molecular weight excluding hydrogens is 456 g/mol. The molecule has 0 radical (unpaired) electrons. The fourth-order valence-corrected chi connectivity index (χ4v) is 5.42. The van der Waals surface area contributed by atoms with Crippen LogP contribution in [0.3, 0.4) is 0 Å². The molecule has 1 saturated carbocycles. The lowest BCUT2D eigenvalue weighted by molar-refractivity contribution is 0.0692. The lowest BCUT2D eigenvalue weighted by atomic mass is 10.1. The van der Waals surface area contributed by atoms with Gasteiger partial charge in [-0.1, -0.05) is 25.4 Å². The number of rotatable bonds is 8. The van der Waals surface area contributed by atoms with Crippen LogP contribution in [-0.2, 0) is 19.5 Å². The van der Waals surface area contributed by atoms with Crippen LogP contribution in [0.15, 0.2) is 12.4 Å². The van der Waals surface area contributed by atoms with Gasteiger partial charge in [0, 0.05) is 44.7 Å². The molecule has 2 aliphatic rings. The largest absolute Gasteiger partial charge is 0.381 e. The summed E-state index contributed by atoms with van der Waals surface area (Å²) in [6.45, 7) is 7.16. The lowest BCUT2D eigenvalue weighted by Crippen LogP contribution is -2.34. The second-order valence-electron chi connectivity index (χ2n) is 9.11. The van der Waals surface area contributed by atoms with Gasteiger partial charge in [0.05, 0.1) is 5.02 Å². The fourth-order valence-electron chi connectivity index (χ4n) is 4.18. The molecule has 2 aromatic rings. The molecule has 0 amide bonds. The van der Waals surface area contributed by atoms with E-state index in [0.717, 1.165) is 25.1 Å². The predicted molar refractivity (Wildman–Crippen MR) is 119 cm³/mol. The van der Waals surface area contributed by atoms with Gasteiger partial charge in [0.15, 0.2) is 5.82 Å². The first kappa shape index (κ1) is 23.3. The monoisotopic (exact) mass is 484 g/mol. The molecule has 2 fully saturated rings. The SMILES string of the molecule is CO[C@H](c1ncc(Cl)cn1)[C@H](C)S(=O)(=O)Nc1nnc([C@@H]2CC2(C)C)n1C1CCOCC1. The molecule has 176 valence electrons. The summed E-state index contributed by atoms with van der Waals surface area (Å²) in [5.41, 5.74) is 0.131. The van der Waals surface area contributed by atoms with Gasteiger partial charge in [0.1, 0.15) is 17.2 Å². The number of nitrogens with one attached hydrogen (secondary N) is 1. The molecule has 2 aromatic heterocycles. The van der Waals surface area contributed by atoms with Crippen LogP contribution in [0.1, 0.15) is 69.7 Å². The Morgan fingerprint density at radius 1 is 1.25 bits per heavy atom. The molecule has 1 N–H and O–H groups in total. The van der Waals surface area contributed by atoms with Gasteiger partial charge in [-0.2, -0.15) is 0 Å². The van der Waals surface area contributed by atoms with Crippen LogP contribution in [0.5, 0.6) is 0 Å². The zero-order valence-electron chi connectivity index (χ0n) is 18.7. The maximum absolute atomic E-state index is 13.3. The fraction of sp³-hybridized carbons (Fsp3) is 0.700. The van der Waals surface area contributed by atoms with E-state index < -0.39 is 21.4 Å². The Kier molecular flexibility index (Phi) is 6.45. The number of aromatic nitrogens is 5. The first-order valence-corrected chi connectivity index (χ1v) is 12.6. The molecule has 0 bridgehead atoms. The highest BCUT2D eigenvalue weighted by molar-refractivity contribution is 7.93. The van der Waals surface area contributed by atoms with E-state index in [1.165, 1.54) is 19.5 Å². The topological polar surface area (TPSA) is 121 Å². The molecule has 0 spiro atoms. The van der Waals surface area contributed by atoms with E-state index in [-0.39, 0.29) is 29.1 Å². The number of anilines is 1. The summed E-state index contributed by atoms with van der Waals surface area (Å²) in [6, 6.07) is 0.0796. The first-order valence-electron chi connectivity index (χ1n) is 10.7. The van der Waals surface area contributed by atoms with E-state index in [1.807, 2.05) is 4.57 Å². The molecule has 12 heteroatoms. The molecule has 1 saturated heterocycles. The van der Waals surface area contributed by atoms with Gasteiger partial charge in [-0.3, -0.25) is 9.29 Å². The second-order valence-corrected chi connectivity index (χ2v) is 11.6. The van der Waals surface area contributed by atoms with Crippen LogP contribution in [0.4, 0.5) is 5.95 Å². The van der Waals surface area contributed by atoms with Gasteiger partial charge in [-0.15, -0.1) is 10.2 Å². The van der Waals surface area contributed by atoms with Crippen LogP contribution in [0.25, 0.3) is 0 Å². The van der Waals surface area contributed by atoms with Crippen molar-refractivity contribution < 1.29 is 17.9 Å². The van der Waals surface area contributed by atoms with Gasteiger partial charge in [-0.25, -0.2) is 18.4 Å². The van der Waals surface area contributed by atoms with Crippen molar-refractivity contribution in [1.29, 1.82) is 0 Å². The zero-order chi connectivity index (χ0) is 23.1. The normalized spacial score (nSPS) is 23.0. The summed E-state index contributed by atoms with van der Waals surface area (Å²) in [5.74, 6) is 1.55. The van der Waals surface area contributed by atoms with Crippen molar-refractivity contribution in [1.82, 2.24) is 24.7 Å². The number of hydrogen-bond donors (Lipinski definition) is 1. The Labute approximate surface area is 193 Å². The highest BCUT2D eigenvalue weighted by atomic mass is 35.5. The van der Waals surface area contributed by atoms with Crippen molar-refractivity contribution in [3.63, 3.8) is 0 Å². The average Bonchev–Trinajstić information content (AvgIpc) is 3.21. The third-order valence-corrected chi connectivity index (χ3v) is 8.29. The number of hydrogen-bond acceptors (Lipinski definition) is 8. The standard InChI is InChI=1S/C20H29ClN6O4S/c1-12(16(30-4)17-22-10-13(21)11-23-17)32(28,29)26-19-25-24-18(15-9-20(15,2)3)27(19)14-5-7-31-8-6-14/h10-12,14-16H,5-9H2,1-4H3,(H,25,26)/t12-,15-,16-/m0/s1. The molecule has 0 aromatic carbocycles. The summed E-state index contributed by atoms with van der Waals surface area (Å²) in [4.78, 5) is 8.25. The Morgan fingerprint density at radius 3 is 2.44 bits per heavy atom. The van der Waals surface area contributed by atoms with Crippen molar-refractivity contribution in [2.45, 2.75) is 63.3 Å². The smallest absolute Gasteiger partial charge is 0.240 e. The van der Waals surface area contributed by atoms with Crippen molar-refractivity contribution in [3.05, 3.63) is 29.1 Å². The number of methoxy groups -OCH3 is 1. The quantitative estimate of drug-likeness (QED) is 0.606. The molecule has 3 heterocycles.